The van der Waals surface area contributed by atoms with E-state index in [-0.39, 0.29) is 11.8 Å². The molecule has 1 aliphatic heterocycles. The van der Waals surface area contributed by atoms with Gasteiger partial charge >= 0.3 is 0 Å². The minimum atomic E-state index is 0.0207. The van der Waals surface area contributed by atoms with Gasteiger partial charge in [0.2, 0.25) is 5.91 Å². The highest BCUT2D eigenvalue weighted by Crippen LogP contribution is 2.16. The van der Waals surface area contributed by atoms with E-state index in [0.29, 0.717) is 31.6 Å². The van der Waals surface area contributed by atoms with Gasteiger partial charge in [-0.2, -0.15) is 0 Å². The average Bonchev–Trinajstić information content (AvgIpc) is 2.81. The molecule has 0 unspecified atom stereocenters. The molecule has 0 saturated carbocycles. The van der Waals surface area contributed by atoms with E-state index >= 15 is 0 Å². The summed E-state index contributed by atoms with van der Waals surface area (Å²) in [6.07, 6.45) is 4.03. The number of imidazole rings is 1. The minimum absolute atomic E-state index is 0.0207. The van der Waals surface area contributed by atoms with Crippen LogP contribution in [0.2, 0.25) is 0 Å². The number of carbonyl (C=O) groups excluding carboxylic acids is 2. The molecule has 24 heavy (non-hydrogen) atoms. The van der Waals surface area contributed by atoms with Gasteiger partial charge < -0.3 is 14.4 Å². The van der Waals surface area contributed by atoms with Crippen molar-refractivity contribution in [2.75, 3.05) is 26.2 Å². The number of benzene rings is 1. The second-order valence-corrected chi connectivity index (χ2v) is 6.34. The second-order valence-electron chi connectivity index (χ2n) is 6.34. The van der Waals surface area contributed by atoms with Gasteiger partial charge in [0.1, 0.15) is 0 Å². The average molecular weight is 328 g/mol. The summed E-state index contributed by atoms with van der Waals surface area (Å²) in [6, 6.07) is 5.64. The number of amides is 2. The summed E-state index contributed by atoms with van der Waals surface area (Å²) in [4.78, 5) is 32.9. The summed E-state index contributed by atoms with van der Waals surface area (Å²) in [5.74, 6) is 0.217. The Hall–Kier alpha value is -2.37. The van der Waals surface area contributed by atoms with Crippen molar-refractivity contribution in [3.8, 4) is 0 Å². The fourth-order valence-electron chi connectivity index (χ4n) is 3.19. The smallest absolute Gasteiger partial charge is 0.253 e. The topological polar surface area (TPSA) is 58.4 Å². The van der Waals surface area contributed by atoms with Crippen molar-refractivity contribution in [3.63, 3.8) is 0 Å². The van der Waals surface area contributed by atoms with E-state index in [1.165, 1.54) is 0 Å². The Morgan fingerprint density at radius 1 is 1.12 bits per heavy atom. The Morgan fingerprint density at radius 2 is 1.88 bits per heavy atom. The van der Waals surface area contributed by atoms with Gasteiger partial charge in [-0.15, -0.1) is 0 Å². The van der Waals surface area contributed by atoms with Gasteiger partial charge in [-0.3, -0.25) is 9.59 Å². The third kappa shape index (κ3) is 3.27. The standard InChI is InChI=1S/C18H24N4O2/c1-3-5-17(23)21-8-4-9-22(11-10-21)18(24)14-6-7-16-15(12-14)19-13-20(16)2/h6-7,12-13H,3-5,8-11H2,1-2H3. The number of fused-ring (bicyclic) bond motifs is 1. The highest BCUT2D eigenvalue weighted by molar-refractivity contribution is 5.97. The van der Waals surface area contributed by atoms with Crippen molar-refractivity contribution in [2.45, 2.75) is 26.2 Å². The van der Waals surface area contributed by atoms with E-state index in [1.807, 2.05) is 46.5 Å². The molecule has 2 aromatic rings. The molecule has 6 heteroatoms. The second kappa shape index (κ2) is 7.03. The first-order chi connectivity index (χ1) is 11.6. The summed E-state index contributed by atoms with van der Waals surface area (Å²) < 4.78 is 1.94. The minimum Gasteiger partial charge on any atom is -0.341 e. The van der Waals surface area contributed by atoms with E-state index in [0.717, 1.165) is 30.4 Å². The lowest BCUT2D eigenvalue weighted by Crippen LogP contribution is -2.37. The number of hydrogen-bond acceptors (Lipinski definition) is 3. The summed E-state index contributed by atoms with van der Waals surface area (Å²) in [6.45, 7) is 4.65. The van der Waals surface area contributed by atoms with Gasteiger partial charge in [0.15, 0.2) is 0 Å². The van der Waals surface area contributed by atoms with Gasteiger partial charge in [-0.05, 0) is 31.0 Å². The fraction of sp³-hybridized carbons (Fsp3) is 0.500. The van der Waals surface area contributed by atoms with Crippen LogP contribution in [0.4, 0.5) is 0 Å². The predicted molar refractivity (Wildman–Crippen MR) is 92.7 cm³/mol. The predicted octanol–water partition coefficient (Wildman–Crippen LogP) is 2.05. The Bertz CT molecular complexity index is 753. The van der Waals surface area contributed by atoms with Crippen molar-refractivity contribution < 1.29 is 9.59 Å². The highest BCUT2D eigenvalue weighted by atomic mass is 16.2. The van der Waals surface area contributed by atoms with E-state index in [9.17, 15) is 9.59 Å². The fourth-order valence-corrected chi connectivity index (χ4v) is 3.19. The van der Waals surface area contributed by atoms with Crippen LogP contribution in [0.15, 0.2) is 24.5 Å². The van der Waals surface area contributed by atoms with E-state index < -0.39 is 0 Å². The SMILES string of the molecule is CCCC(=O)N1CCCN(C(=O)c2ccc3c(c2)ncn3C)CC1. The molecule has 0 aliphatic carbocycles. The summed E-state index contributed by atoms with van der Waals surface area (Å²) in [5.41, 5.74) is 2.51. The first-order valence-electron chi connectivity index (χ1n) is 8.58. The maximum absolute atomic E-state index is 12.8. The normalized spacial score (nSPS) is 15.6. The maximum Gasteiger partial charge on any atom is 0.253 e. The molecule has 0 N–H and O–H groups in total. The number of aryl methyl sites for hydroxylation is 1. The van der Waals surface area contributed by atoms with Gasteiger partial charge in [-0.1, -0.05) is 6.92 Å². The molecule has 1 aromatic heterocycles. The molecule has 2 heterocycles. The molecule has 1 saturated heterocycles. The van der Waals surface area contributed by atoms with Crippen LogP contribution in [-0.2, 0) is 11.8 Å². The molecule has 1 aliphatic rings. The van der Waals surface area contributed by atoms with Gasteiger partial charge in [0, 0.05) is 45.2 Å². The van der Waals surface area contributed by atoms with Crippen LogP contribution in [0, 0.1) is 0 Å². The van der Waals surface area contributed by atoms with Crippen LogP contribution in [0.3, 0.4) is 0 Å². The third-order valence-corrected chi connectivity index (χ3v) is 4.57. The summed E-state index contributed by atoms with van der Waals surface area (Å²) in [5, 5.41) is 0. The first kappa shape index (κ1) is 16.5. The molecule has 1 aromatic carbocycles. The highest BCUT2D eigenvalue weighted by Gasteiger charge is 2.22. The van der Waals surface area contributed by atoms with Crippen LogP contribution in [0.25, 0.3) is 11.0 Å². The summed E-state index contributed by atoms with van der Waals surface area (Å²) in [7, 11) is 1.94. The van der Waals surface area contributed by atoms with Crippen LogP contribution >= 0.6 is 0 Å². The van der Waals surface area contributed by atoms with Gasteiger partial charge in [-0.25, -0.2) is 4.98 Å². The molecule has 6 nitrogen and oxygen atoms in total. The van der Waals surface area contributed by atoms with Crippen LogP contribution < -0.4 is 0 Å². The summed E-state index contributed by atoms with van der Waals surface area (Å²) >= 11 is 0. The number of hydrogen-bond donors (Lipinski definition) is 0. The van der Waals surface area contributed by atoms with Crippen molar-refractivity contribution >= 4 is 22.8 Å². The van der Waals surface area contributed by atoms with Crippen LogP contribution in [0.1, 0.15) is 36.5 Å². The molecule has 3 rings (SSSR count). The number of nitrogens with zero attached hydrogens (tertiary/aromatic N) is 4. The lowest BCUT2D eigenvalue weighted by molar-refractivity contribution is -0.131. The van der Waals surface area contributed by atoms with Crippen molar-refractivity contribution in [1.29, 1.82) is 0 Å². The molecule has 2 amide bonds. The van der Waals surface area contributed by atoms with Gasteiger partial charge in [0.05, 0.1) is 17.4 Å². The third-order valence-electron chi connectivity index (χ3n) is 4.57. The van der Waals surface area contributed by atoms with Crippen molar-refractivity contribution in [1.82, 2.24) is 19.4 Å². The van der Waals surface area contributed by atoms with Crippen molar-refractivity contribution in [3.05, 3.63) is 30.1 Å². The van der Waals surface area contributed by atoms with E-state index in [1.54, 1.807) is 6.33 Å². The zero-order chi connectivity index (χ0) is 17.1. The molecule has 0 bridgehead atoms. The number of carbonyl (C=O) groups is 2. The Labute approximate surface area is 142 Å². The van der Waals surface area contributed by atoms with E-state index in [4.69, 9.17) is 0 Å². The molecule has 128 valence electrons. The Balaban J connectivity index is 1.71. The monoisotopic (exact) mass is 328 g/mol. The molecule has 0 spiro atoms. The lowest BCUT2D eigenvalue weighted by atomic mass is 10.1. The van der Waals surface area contributed by atoms with Gasteiger partial charge in [0.25, 0.3) is 5.91 Å². The molecular formula is C18H24N4O2. The van der Waals surface area contributed by atoms with Crippen LogP contribution in [-0.4, -0.2) is 57.3 Å². The molecular weight excluding hydrogens is 304 g/mol. The molecule has 0 atom stereocenters. The van der Waals surface area contributed by atoms with E-state index in [2.05, 4.69) is 4.98 Å². The Morgan fingerprint density at radius 3 is 2.67 bits per heavy atom. The Kier molecular flexibility index (Phi) is 4.83. The van der Waals surface area contributed by atoms with Crippen molar-refractivity contribution in [2.24, 2.45) is 7.05 Å². The molecule has 0 radical (unpaired) electrons. The molecule has 1 fully saturated rings. The number of rotatable bonds is 3. The van der Waals surface area contributed by atoms with Crippen LogP contribution in [0.5, 0.6) is 0 Å². The zero-order valence-electron chi connectivity index (χ0n) is 14.4. The maximum atomic E-state index is 12.8. The lowest BCUT2D eigenvalue weighted by Gasteiger charge is -2.22. The number of aromatic nitrogens is 2. The largest absolute Gasteiger partial charge is 0.341 e. The zero-order valence-corrected chi connectivity index (χ0v) is 14.4. The first-order valence-corrected chi connectivity index (χ1v) is 8.58. The quantitative estimate of drug-likeness (QED) is 0.866.